The lowest BCUT2D eigenvalue weighted by Gasteiger charge is -2.34. The molecular weight excluding hydrogens is 378 g/mol. The predicted octanol–water partition coefficient (Wildman–Crippen LogP) is 2.44. The van der Waals surface area contributed by atoms with E-state index in [1.807, 2.05) is 0 Å². The summed E-state index contributed by atoms with van der Waals surface area (Å²) in [6.07, 6.45) is 0. The molecule has 2 aliphatic rings. The maximum absolute atomic E-state index is 12.5. The number of Topliss-reactive ketones (excluding diaryl/α,β-unsaturated/α-hetero) is 1. The summed E-state index contributed by atoms with van der Waals surface area (Å²) in [7, 11) is 0. The summed E-state index contributed by atoms with van der Waals surface area (Å²) >= 11 is 1.78. The van der Waals surface area contributed by atoms with Gasteiger partial charge in [-0.3, -0.25) is 19.4 Å². The molecule has 0 aliphatic carbocycles. The minimum atomic E-state index is -0.131. The third kappa shape index (κ3) is 4.35. The molecule has 28 heavy (non-hydrogen) atoms. The van der Waals surface area contributed by atoms with Crippen molar-refractivity contribution in [2.24, 2.45) is 0 Å². The van der Waals surface area contributed by atoms with Gasteiger partial charge in [-0.05, 0) is 24.4 Å². The van der Waals surface area contributed by atoms with Crippen LogP contribution in [-0.4, -0.2) is 61.0 Å². The number of thiophene rings is 1. The zero-order valence-corrected chi connectivity index (χ0v) is 16.6. The Morgan fingerprint density at radius 2 is 1.82 bits per heavy atom. The number of carbonyl (C=O) groups is 2. The summed E-state index contributed by atoms with van der Waals surface area (Å²) < 4.78 is 10.7. The van der Waals surface area contributed by atoms with Crippen molar-refractivity contribution in [1.29, 1.82) is 0 Å². The number of fused-ring (bicyclic) bond motifs is 1. The fourth-order valence-electron chi connectivity index (χ4n) is 3.46. The first-order chi connectivity index (χ1) is 13.6. The fourth-order valence-corrected chi connectivity index (χ4v) is 4.20. The van der Waals surface area contributed by atoms with Crippen molar-refractivity contribution < 1.29 is 19.1 Å². The lowest BCUT2D eigenvalue weighted by Crippen LogP contribution is -2.48. The summed E-state index contributed by atoms with van der Waals surface area (Å²) in [5.74, 6) is 0.816. The van der Waals surface area contributed by atoms with Crippen LogP contribution in [0.4, 0.5) is 5.69 Å². The second kappa shape index (κ2) is 8.30. The third-order valence-electron chi connectivity index (χ3n) is 4.96. The molecule has 0 atom stereocenters. The van der Waals surface area contributed by atoms with Gasteiger partial charge < -0.3 is 14.8 Å². The molecule has 1 fully saturated rings. The van der Waals surface area contributed by atoms with Crippen LogP contribution in [0.1, 0.15) is 22.2 Å². The number of nitrogens with one attached hydrogen (secondary N) is 1. The third-order valence-corrected chi connectivity index (χ3v) is 5.82. The van der Waals surface area contributed by atoms with E-state index in [0.717, 1.165) is 32.7 Å². The van der Waals surface area contributed by atoms with Gasteiger partial charge in [0.1, 0.15) is 0 Å². The highest BCUT2D eigenvalue weighted by Crippen LogP contribution is 2.37. The van der Waals surface area contributed by atoms with Gasteiger partial charge in [-0.1, -0.05) is 6.07 Å². The van der Waals surface area contributed by atoms with E-state index in [9.17, 15) is 9.59 Å². The van der Waals surface area contributed by atoms with Crippen LogP contribution in [0, 0.1) is 0 Å². The maximum Gasteiger partial charge on any atom is 0.238 e. The van der Waals surface area contributed by atoms with Gasteiger partial charge in [-0.25, -0.2) is 0 Å². The number of benzene rings is 1. The second-order valence-electron chi connectivity index (χ2n) is 6.99. The van der Waals surface area contributed by atoms with E-state index in [1.165, 1.54) is 11.8 Å². The van der Waals surface area contributed by atoms with Crippen molar-refractivity contribution in [3.63, 3.8) is 0 Å². The first-order valence-corrected chi connectivity index (χ1v) is 10.2. The minimum Gasteiger partial charge on any atom is -0.454 e. The molecular formula is C20H23N3O4S. The normalized spacial score (nSPS) is 16.9. The number of nitrogens with zero attached hydrogens (tertiary/aromatic N) is 2. The van der Waals surface area contributed by atoms with Crippen LogP contribution in [-0.2, 0) is 11.3 Å². The van der Waals surface area contributed by atoms with Crippen LogP contribution in [0.2, 0.25) is 0 Å². The topological polar surface area (TPSA) is 71.1 Å². The molecule has 1 saturated heterocycles. The lowest BCUT2D eigenvalue weighted by atomic mass is 10.1. The van der Waals surface area contributed by atoms with Crippen LogP contribution >= 0.6 is 11.3 Å². The molecule has 0 saturated carbocycles. The Morgan fingerprint density at radius 1 is 1.11 bits per heavy atom. The van der Waals surface area contributed by atoms with Gasteiger partial charge in [-0.15, -0.1) is 11.3 Å². The monoisotopic (exact) mass is 401 g/mol. The van der Waals surface area contributed by atoms with Crippen molar-refractivity contribution in [2.75, 3.05) is 44.8 Å². The largest absolute Gasteiger partial charge is 0.454 e. The Kier molecular flexibility index (Phi) is 5.61. The Labute approximate surface area is 167 Å². The van der Waals surface area contributed by atoms with Crippen LogP contribution in [0.15, 0.2) is 29.6 Å². The number of carbonyl (C=O) groups excluding carboxylic acids is 2. The quantitative estimate of drug-likeness (QED) is 0.750. The molecule has 2 aliphatic heterocycles. The van der Waals surface area contributed by atoms with Crippen LogP contribution in [0.25, 0.3) is 0 Å². The average Bonchev–Trinajstić information content (AvgIpc) is 3.33. The number of piperazine rings is 1. The highest BCUT2D eigenvalue weighted by molar-refractivity contribution is 7.09. The van der Waals surface area contributed by atoms with Crippen molar-refractivity contribution in [1.82, 2.24) is 9.80 Å². The highest BCUT2D eigenvalue weighted by atomic mass is 32.1. The van der Waals surface area contributed by atoms with E-state index < -0.39 is 0 Å². The average molecular weight is 401 g/mol. The lowest BCUT2D eigenvalue weighted by molar-refractivity contribution is -0.117. The number of rotatable bonds is 6. The van der Waals surface area contributed by atoms with E-state index in [2.05, 4.69) is 32.6 Å². The van der Waals surface area contributed by atoms with E-state index in [4.69, 9.17) is 9.47 Å². The molecule has 148 valence electrons. The molecule has 0 bridgehead atoms. The fraction of sp³-hybridized carbons (Fsp3) is 0.400. The van der Waals surface area contributed by atoms with Crippen molar-refractivity contribution in [3.8, 4) is 11.5 Å². The summed E-state index contributed by atoms with van der Waals surface area (Å²) in [5, 5.41) is 4.97. The zero-order valence-electron chi connectivity index (χ0n) is 15.8. The number of hydrogen-bond acceptors (Lipinski definition) is 7. The number of anilines is 1. The van der Waals surface area contributed by atoms with Gasteiger partial charge in [0, 0.05) is 49.2 Å². The van der Waals surface area contributed by atoms with E-state index in [0.29, 0.717) is 29.3 Å². The molecule has 3 heterocycles. The molecule has 1 amide bonds. The van der Waals surface area contributed by atoms with Gasteiger partial charge >= 0.3 is 0 Å². The molecule has 7 nitrogen and oxygen atoms in total. The Morgan fingerprint density at radius 3 is 2.50 bits per heavy atom. The summed E-state index contributed by atoms with van der Waals surface area (Å²) in [6.45, 7) is 6.44. The number of ketones is 1. The van der Waals surface area contributed by atoms with Gasteiger partial charge in [0.05, 0.1) is 12.2 Å². The molecule has 1 N–H and O–H groups in total. The van der Waals surface area contributed by atoms with Gasteiger partial charge in [0.2, 0.25) is 12.7 Å². The first-order valence-electron chi connectivity index (χ1n) is 9.30. The van der Waals surface area contributed by atoms with Crippen LogP contribution in [0.3, 0.4) is 0 Å². The van der Waals surface area contributed by atoms with Crippen LogP contribution < -0.4 is 14.8 Å². The SMILES string of the molecule is CC(=O)c1cc2c(cc1NC(=O)CN1CCN(Cc3cccs3)CC1)OCO2. The molecule has 0 radical (unpaired) electrons. The molecule has 8 heteroatoms. The Balaban J connectivity index is 1.32. The predicted molar refractivity (Wildman–Crippen MR) is 107 cm³/mol. The molecule has 0 unspecified atom stereocenters. The molecule has 0 spiro atoms. The molecule has 2 aromatic rings. The van der Waals surface area contributed by atoms with Crippen molar-refractivity contribution in [3.05, 3.63) is 40.1 Å². The summed E-state index contributed by atoms with van der Waals surface area (Å²) in [4.78, 5) is 30.4. The minimum absolute atomic E-state index is 0.125. The van der Waals surface area contributed by atoms with Crippen molar-refractivity contribution >= 4 is 28.7 Å². The second-order valence-corrected chi connectivity index (χ2v) is 8.02. The van der Waals surface area contributed by atoms with Gasteiger partial charge in [0.15, 0.2) is 17.3 Å². The Hall–Kier alpha value is -2.42. The smallest absolute Gasteiger partial charge is 0.238 e. The zero-order chi connectivity index (χ0) is 19.5. The maximum atomic E-state index is 12.5. The number of hydrogen-bond donors (Lipinski definition) is 1. The molecule has 1 aromatic carbocycles. The summed E-state index contributed by atoms with van der Waals surface area (Å²) in [6, 6.07) is 7.52. The standard InChI is InChI=1S/C20H23N3O4S/c1-14(24)16-9-18-19(27-13-26-18)10-17(16)21-20(25)12-23-6-4-22(5-7-23)11-15-3-2-8-28-15/h2-3,8-10H,4-7,11-13H2,1H3,(H,21,25). The summed E-state index contributed by atoms with van der Waals surface area (Å²) in [5.41, 5.74) is 0.899. The molecule has 4 rings (SSSR count). The number of amides is 1. The number of ether oxygens (including phenoxy) is 2. The van der Waals surface area contributed by atoms with E-state index in [-0.39, 0.29) is 18.5 Å². The first kappa shape index (κ1) is 18.9. The molecule has 1 aromatic heterocycles. The highest BCUT2D eigenvalue weighted by Gasteiger charge is 2.22. The Bertz CT molecular complexity index is 861. The van der Waals surface area contributed by atoms with E-state index >= 15 is 0 Å². The van der Waals surface area contributed by atoms with Crippen LogP contribution in [0.5, 0.6) is 11.5 Å². The van der Waals surface area contributed by atoms with Crippen molar-refractivity contribution in [2.45, 2.75) is 13.5 Å². The van der Waals surface area contributed by atoms with Gasteiger partial charge in [-0.2, -0.15) is 0 Å². The van der Waals surface area contributed by atoms with E-state index in [1.54, 1.807) is 23.5 Å². The van der Waals surface area contributed by atoms with Gasteiger partial charge in [0.25, 0.3) is 0 Å².